The highest BCUT2D eigenvalue weighted by molar-refractivity contribution is 6.32. The van der Waals surface area contributed by atoms with Crippen molar-refractivity contribution in [3.8, 4) is 0 Å². The maximum Gasteiger partial charge on any atom is 0.289 e. The second-order valence-corrected chi connectivity index (χ2v) is 8.46. The molecule has 9 heteroatoms. The monoisotopic (exact) mass is 444 g/mol. The number of benzene rings is 2. The van der Waals surface area contributed by atoms with Gasteiger partial charge in [0.1, 0.15) is 11.1 Å². The zero-order valence-electron chi connectivity index (χ0n) is 17.0. The number of aliphatic hydroxyl groups is 1. The molecule has 0 aromatic heterocycles. The summed E-state index contributed by atoms with van der Waals surface area (Å²) in [6.07, 6.45) is 1.72. The van der Waals surface area contributed by atoms with E-state index in [0.717, 1.165) is 31.5 Å². The average molecular weight is 445 g/mol. The molecule has 31 heavy (non-hydrogen) atoms. The van der Waals surface area contributed by atoms with Crippen molar-refractivity contribution in [1.82, 2.24) is 9.80 Å². The molecule has 164 valence electrons. The van der Waals surface area contributed by atoms with E-state index in [1.54, 1.807) is 6.07 Å². The highest BCUT2D eigenvalue weighted by Crippen LogP contribution is 2.32. The fourth-order valence-corrected chi connectivity index (χ4v) is 4.73. The number of carbonyl (C=O) groups is 1. The van der Waals surface area contributed by atoms with Crippen LogP contribution in [0.5, 0.6) is 0 Å². The Kier molecular flexibility index (Phi) is 6.52. The van der Waals surface area contributed by atoms with Crippen LogP contribution in [0.25, 0.3) is 0 Å². The van der Waals surface area contributed by atoms with Crippen molar-refractivity contribution in [2.75, 3.05) is 31.5 Å². The number of nitro groups is 1. The molecule has 2 heterocycles. The summed E-state index contributed by atoms with van der Waals surface area (Å²) in [6.45, 7) is 2.89. The molecule has 2 aromatic rings. The molecule has 0 spiro atoms. The summed E-state index contributed by atoms with van der Waals surface area (Å²) in [7, 11) is 0. The lowest BCUT2D eigenvalue weighted by Crippen LogP contribution is -2.42. The molecule has 2 aliphatic rings. The third kappa shape index (κ3) is 4.72. The van der Waals surface area contributed by atoms with Crippen molar-refractivity contribution in [2.45, 2.75) is 31.0 Å². The molecule has 2 N–H and O–H groups in total. The van der Waals surface area contributed by atoms with Gasteiger partial charge >= 0.3 is 0 Å². The van der Waals surface area contributed by atoms with Crippen LogP contribution in [0, 0.1) is 10.1 Å². The maximum atomic E-state index is 13.3. The molecule has 0 bridgehead atoms. The Morgan fingerprint density at radius 1 is 1.16 bits per heavy atom. The van der Waals surface area contributed by atoms with Gasteiger partial charge in [-0.1, -0.05) is 41.9 Å². The summed E-state index contributed by atoms with van der Waals surface area (Å²) in [5, 5.41) is 24.7. The van der Waals surface area contributed by atoms with Crippen molar-refractivity contribution in [3.05, 3.63) is 69.2 Å². The second kappa shape index (κ2) is 9.32. The van der Waals surface area contributed by atoms with E-state index in [0.29, 0.717) is 18.8 Å². The first kappa shape index (κ1) is 21.7. The minimum absolute atomic E-state index is 0.00173. The second-order valence-electron chi connectivity index (χ2n) is 8.06. The van der Waals surface area contributed by atoms with E-state index >= 15 is 0 Å². The van der Waals surface area contributed by atoms with Crippen LogP contribution in [0.4, 0.5) is 11.4 Å². The Bertz CT molecular complexity index is 952. The SMILES string of the molecule is O=C(Nc1ccc(Cl)c([N+](=O)[O-])c1)C(c1ccccc1)N1CC(O)C(N2CCCC2)C1. The topological polar surface area (TPSA) is 98.9 Å². The molecule has 2 saturated heterocycles. The van der Waals surface area contributed by atoms with Gasteiger partial charge in [-0.15, -0.1) is 0 Å². The van der Waals surface area contributed by atoms with Gasteiger partial charge in [0, 0.05) is 30.9 Å². The van der Waals surface area contributed by atoms with E-state index in [1.807, 2.05) is 35.2 Å². The predicted molar refractivity (Wildman–Crippen MR) is 118 cm³/mol. The van der Waals surface area contributed by atoms with Gasteiger partial charge in [-0.25, -0.2) is 0 Å². The lowest BCUT2D eigenvalue weighted by atomic mass is 10.0. The first-order valence-electron chi connectivity index (χ1n) is 10.4. The third-order valence-electron chi connectivity index (χ3n) is 6.04. The van der Waals surface area contributed by atoms with Crippen molar-refractivity contribution < 1.29 is 14.8 Å². The summed E-state index contributed by atoms with van der Waals surface area (Å²) in [5.41, 5.74) is 0.844. The van der Waals surface area contributed by atoms with Gasteiger partial charge in [0.05, 0.1) is 11.0 Å². The molecule has 2 aliphatic heterocycles. The number of nitrogens with one attached hydrogen (secondary N) is 1. The number of anilines is 1. The van der Waals surface area contributed by atoms with E-state index in [2.05, 4.69) is 10.2 Å². The summed E-state index contributed by atoms with van der Waals surface area (Å²) < 4.78 is 0. The highest BCUT2D eigenvalue weighted by Gasteiger charge is 2.41. The Morgan fingerprint density at radius 3 is 2.55 bits per heavy atom. The summed E-state index contributed by atoms with van der Waals surface area (Å²) >= 11 is 5.89. The lowest BCUT2D eigenvalue weighted by molar-refractivity contribution is -0.384. The smallest absolute Gasteiger partial charge is 0.289 e. The van der Waals surface area contributed by atoms with Gasteiger partial charge in [0.15, 0.2) is 0 Å². The molecule has 0 radical (unpaired) electrons. The first-order chi connectivity index (χ1) is 14.9. The number of likely N-dealkylation sites (tertiary alicyclic amines) is 2. The molecule has 8 nitrogen and oxygen atoms in total. The van der Waals surface area contributed by atoms with Crippen LogP contribution < -0.4 is 5.32 Å². The largest absolute Gasteiger partial charge is 0.390 e. The van der Waals surface area contributed by atoms with Gasteiger partial charge < -0.3 is 10.4 Å². The number of aliphatic hydroxyl groups excluding tert-OH is 1. The molecule has 0 aliphatic carbocycles. The van der Waals surface area contributed by atoms with Gasteiger partial charge in [0.2, 0.25) is 5.91 Å². The van der Waals surface area contributed by atoms with Gasteiger partial charge in [-0.3, -0.25) is 24.7 Å². The zero-order chi connectivity index (χ0) is 22.0. The van der Waals surface area contributed by atoms with Crippen LogP contribution >= 0.6 is 11.6 Å². The maximum absolute atomic E-state index is 13.3. The van der Waals surface area contributed by atoms with E-state index in [4.69, 9.17) is 11.6 Å². The number of halogens is 1. The van der Waals surface area contributed by atoms with Gasteiger partial charge in [-0.05, 0) is 43.6 Å². The molecular weight excluding hydrogens is 420 g/mol. The van der Waals surface area contributed by atoms with Crippen LogP contribution in [0.2, 0.25) is 5.02 Å². The van der Waals surface area contributed by atoms with E-state index in [-0.39, 0.29) is 22.7 Å². The number of nitro benzene ring substituents is 1. The first-order valence-corrected chi connectivity index (χ1v) is 10.8. The van der Waals surface area contributed by atoms with Gasteiger partial charge in [-0.2, -0.15) is 0 Å². The quantitative estimate of drug-likeness (QED) is 0.524. The zero-order valence-corrected chi connectivity index (χ0v) is 17.7. The normalized spacial score (nSPS) is 23.0. The van der Waals surface area contributed by atoms with Crippen LogP contribution in [0.15, 0.2) is 48.5 Å². The fraction of sp³-hybridized carbons (Fsp3) is 0.409. The number of carbonyl (C=O) groups excluding carboxylic acids is 1. The van der Waals surface area contributed by atoms with Crippen molar-refractivity contribution >= 4 is 28.9 Å². The Morgan fingerprint density at radius 2 is 1.87 bits per heavy atom. The summed E-state index contributed by atoms with van der Waals surface area (Å²) in [6, 6.07) is 12.9. The fourth-order valence-electron chi connectivity index (χ4n) is 4.55. The predicted octanol–water partition coefficient (Wildman–Crippen LogP) is 3.07. The number of hydrogen-bond acceptors (Lipinski definition) is 6. The molecular formula is C22H25ClN4O4. The van der Waals surface area contributed by atoms with E-state index in [1.165, 1.54) is 12.1 Å². The highest BCUT2D eigenvalue weighted by atomic mass is 35.5. The Hall–Kier alpha value is -2.52. The molecule has 4 rings (SSSR count). The molecule has 3 unspecified atom stereocenters. The van der Waals surface area contributed by atoms with E-state index in [9.17, 15) is 20.0 Å². The number of rotatable bonds is 6. The molecule has 2 aromatic carbocycles. The minimum atomic E-state index is -0.627. The third-order valence-corrected chi connectivity index (χ3v) is 6.36. The number of amides is 1. The Balaban J connectivity index is 1.58. The van der Waals surface area contributed by atoms with Crippen LogP contribution in [0.3, 0.4) is 0 Å². The number of hydrogen-bond donors (Lipinski definition) is 2. The van der Waals surface area contributed by atoms with E-state index < -0.39 is 17.1 Å². The van der Waals surface area contributed by atoms with Gasteiger partial charge in [0.25, 0.3) is 5.69 Å². The molecule has 0 saturated carbocycles. The number of β-amino-alcohol motifs (C(OH)–C–C–N with tert-alkyl or cyclic N) is 1. The van der Waals surface area contributed by atoms with Crippen molar-refractivity contribution in [3.63, 3.8) is 0 Å². The van der Waals surface area contributed by atoms with Crippen LogP contribution in [-0.4, -0.2) is 64.1 Å². The average Bonchev–Trinajstić information content (AvgIpc) is 3.40. The van der Waals surface area contributed by atoms with Crippen molar-refractivity contribution in [2.24, 2.45) is 0 Å². The molecule has 3 atom stereocenters. The van der Waals surface area contributed by atoms with Crippen molar-refractivity contribution in [1.29, 1.82) is 0 Å². The number of nitrogens with zero attached hydrogens (tertiary/aromatic N) is 3. The standard InChI is InChI=1S/C22H25ClN4O4/c23-17-9-8-16(12-18(17)27(30)31)24-22(29)21(15-6-2-1-3-7-15)26-13-19(20(28)14-26)25-10-4-5-11-25/h1-3,6-9,12,19-21,28H,4-5,10-11,13-14H2,(H,24,29). The lowest BCUT2D eigenvalue weighted by Gasteiger charge is -2.29. The Labute approximate surface area is 185 Å². The molecule has 1 amide bonds. The molecule has 2 fully saturated rings. The van der Waals surface area contributed by atoms with Crippen LogP contribution in [-0.2, 0) is 4.79 Å². The summed E-state index contributed by atoms with van der Waals surface area (Å²) in [4.78, 5) is 28.2. The summed E-state index contributed by atoms with van der Waals surface area (Å²) in [5.74, 6) is -0.308. The minimum Gasteiger partial charge on any atom is -0.390 e. The van der Waals surface area contributed by atoms with Crippen LogP contribution in [0.1, 0.15) is 24.4 Å².